The summed E-state index contributed by atoms with van der Waals surface area (Å²) in [6.07, 6.45) is -7.14. The summed E-state index contributed by atoms with van der Waals surface area (Å²) in [5.41, 5.74) is 19.7. The maximum atomic E-state index is 13.6. The Labute approximate surface area is 583 Å². The number of carboxylic acid groups (broad SMARTS) is 1. The van der Waals surface area contributed by atoms with Crippen molar-refractivity contribution >= 4 is 65.1 Å². The molecule has 6 amide bonds. The molecule has 31 heteroatoms. The minimum absolute atomic E-state index is 0. The number of ether oxygens (including phenoxy) is 3. The van der Waals surface area contributed by atoms with Crippen LogP contribution in [0, 0.1) is 29.6 Å². The first-order valence-corrected chi connectivity index (χ1v) is 32.6. The number of Topliss-reactive ketones (excluding diaryl/α,β-unsaturated/α-hetero) is 1. The molecule has 6 unspecified atom stereocenters. The van der Waals surface area contributed by atoms with Crippen LogP contribution < -0.4 is 49.1 Å². The largest absolute Gasteiger partial charge is 0.508 e. The zero-order valence-electron chi connectivity index (χ0n) is 58.0. The van der Waals surface area contributed by atoms with Gasteiger partial charge in [-0.1, -0.05) is 87.1 Å². The van der Waals surface area contributed by atoms with E-state index in [1.165, 1.54) is 51.7 Å². The molecule has 31 nitrogen and oxygen atoms in total. The molecule has 20 N–H and O–H groups in total. The molecule has 0 fully saturated rings. The van der Waals surface area contributed by atoms with Gasteiger partial charge < -0.3 is 104 Å². The number of esters is 3. The molecule has 560 valence electrons. The first-order valence-electron chi connectivity index (χ1n) is 32.6. The lowest BCUT2D eigenvalue weighted by Gasteiger charge is -2.26. The van der Waals surface area contributed by atoms with Crippen molar-refractivity contribution in [3.05, 3.63) is 77.4 Å². The summed E-state index contributed by atoms with van der Waals surface area (Å²) in [7, 11) is 3.62. The molecule has 0 radical (unpaired) electrons. The molecule has 3 aromatic rings. The Balaban J connectivity index is 0.00000101. The summed E-state index contributed by atoms with van der Waals surface area (Å²) in [5.74, 6) is -10.8. The number of hydrogen-bond acceptors (Lipinski definition) is 24. The average Bonchev–Trinajstić information content (AvgIpc) is 0.808. The van der Waals surface area contributed by atoms with Gasteiger partial charge in [0.15, 0.2) is 12.2 Å². The monoisotopic (exact) mass is 1410 g/mol. The number of amides is 6. The molecule has 0 aliphatic heterocycles. The molecule has 0 bridgehead atoms. The van der Waals surface area contributed by atoms with Crippen molar-refractivity contribution in [1.82, 2.24) is 31.9 Å². The van der Waals surface area contributed by atoms with Gasteiger partial charge in [0.1, 0.15) is 65.4 Å². The minimum atomic E-state index is -2.41. The Hall–Kier alpha value is -8.85. The summed E-state index contributed by atoms with van der Waals surface area (Å²) in [6.45, 7) is 14.2. The summed E-state index contributed by atoms with van der Waals surface area (Å²) >= 11 is 0. The summed E-state index contributed by atoms with van der Waals surface area (Å²) in [5, 5.41) is 94.4. The van der Waals surface area contributed by atoms with Gasteiger partial charge in [0.05, 0.1) is 33.4 Å². The number of carbonyl (C=O) groups is 11. The predicted octanol–water partition coefficient (Wildman–Crippen LogP) is 0.161. The lowest BCUT2D eigenvalue weighted by Crippen LogP contribution is -2.57. The number of aliphatic hydroxyl groups is 4. The van der Waals surface area contributed by atoms with Crippen molar-refractivity contribution in [1.29, 1.82) is 0 Å². The number of aliphatic carboxylic acids is 1. The third-order valence-corrected chi connectivity index (χ3v) is 16.1. The number of nitrogens with one attached hydrogen (secondary N) is 6. The molecule has 0 aliphatic carbocycles. The molecule has 0 spiro atoms. The number of rotatable bonds is 40. The third kappa shape index (κ3) is 29.2. The summed E-state index contributed by atoms with van der Waals surface area (Å²) < 4.78 is 14.5. The molecule has 0 saturated heterocycles. The number of aromatic hydroxyl groups is 3. The first-order chi connectivity index (χ1) is 46.4. The van der Waals surface area contributed by atoms with E-state index in [0.29, 0.717) is 48.9 Å². The van der Waals surface area contributed by atoms with Gasteiger partial charge in [-0.25, -0.2) is 19.2 Å². The number of unbranched alkanes of at least 4 members (excludes halogenated alkanes) is 2. The molecule has 0 heterocycles. The Kier molecular flexibility index (Phi) is 39.5. The van der Waals surface area contributed by atoms with Crippen LogP contribution in [-0.2, 0) is 86.2 Å². The first kappa shape index (κ1) is 89.2. The van der Waals surface area contributed by atoms with Crippen molar-refractivity contribution in [2.75, 3.05) is 34.4 Å². The zero-order chi connectivity index (χ0) is 75.1. The molecule has 0 aromatic heterocycles. The molecule has 100 heavy (non-hydrogen) atoms. The second-order valence-electron chi connectivity index (χ2n) is 25.4. The molecular weight excluding hydrogens is 1310 g/mol. The highest BCUT2D eigenvalue weighted by molar-refractivity contribution is 5.94. The molecule has 3 rings (SSSR count). The van der Waals surface area contributed by atoms with Gasteiger partial charge in [-0.2, -0.15) is 0 Å². The van der Waals surface area contributed by atoms with E-state index in [1.807, 2.05) is 0 Å². The zero-order valence-corrected chi connectivity index (χ0v) is 58.0. The number of benzene rings is 3. The van der Waals surface area contributed by atoms with Crippen LogP contribution in [0.4, 0.5) is 0 Å². The van der Waals surface area contributed by atoms with Crippen LogP contribution in [0.15, 0.2) is 60.7 Å². The van der Waals surface area contributed by atoms with Crippen LogP contribution in [0.1, 0.15) is 124 Å². The SMILES string of the molecule is C.COC(=O)C(CCCCN)NC(=O)[C@@H](CC(=O)[C@@H](N)CCCCNC(=O)C(O)C(O)C(O)C(O)C(=O)O)Cc1ccc(O)cc1.COC(=O)C(NC(=O)[C@@H](Cc1ccc(O)c(-c2cc(C[C@H](NC(=O)C(C)C)C(=O)N[C@H](C(=O)OC)C(C)C)ccc2O)c1)NC(=O)[C@H](N)C(C)C)C(C)C. The second-order valence-corrected chi connectivity index (χ2v) is 25.4. The number of hydrogen-bond donors (Lipinski definition) is 17. The number of nitrogens with two attached hydrogens (primary N) is 3. The van der Waals surface area contributed by atoms with Crippen molar-refractivity contribution in [3.8, 4) is 28.4 Å². The van der Waals surface area contributed by atoms with Gasteiger partial charge in [0.2, 0.25) is 29.5 Å². The fraction of sp³-hybridized carbons (Fsp3) is 0.580. The van der Waals surface area contributed by atoms with Crippen molar-refractivity contribution in [2.45, 2.75) is 194 Å². The lowest BCUT2D eigenvalue weighted by atomic mass is 9.90. The van der Waals surface area contributed by atoms with E-state index in [9.17, 15) is 88.5 Å². The van der Waals surface area contributed by atoms with E-state index in [-0.39, 0.29) is 98.6 Å². The van der Waals surface area contributed by atoms with Crippen LogP contribution in [0.5, 0.6) is 17.2 Å². The lowest BCUT2D eigenvalue weighted by molar-refractivity contribution is -0.166. The molecule has 12 atom stereocenters. The van der Waals surface area contributed by atoms with Gasteiger partial charge in [0.25, 0.3) is 5.91 Å². The highest BCUT2D eigenvalue weighted by atomic mass is 16.5. The van der Waals surface area contributed by atoms with Crippen LogP contribution in [0.2, 0.25) is 0 Å². The number of phenols is 3. The van der Waals surface area contributed by atoms with Crippen LogP contribution in [0.25, 0.3) is 11.1 Å². The molecule has 3 aromatic carbocycles. The summed E-state index contributed by atoms with van der Waals surface area (Å²) in [4.78, 5) is 139. The standard InChI is InChI=1S/C39H57N5O10.C29H46N4O12.CH4/c1-19(2)31(40)37(50)42-28(36(49)44-33(21(5)6)39(52)54-10)18-24-12-14-30(46)26(16-24)25-15-23(11-13-29(25)45)17-27(41-34(47)22(7)8)35(48)43-32(20(3)4)38(51)53-9;1-45-29(44)20(7-2-4-12-30)33-26(40)17(14-16-8-10-18(34)11-9-16)15-21(35)19(31)6-3-5-13-32-27(41)24(38)22(36)23(37)25(39)28(42)43;/h11-16,19-22,27-28,31-33,45-46H,17-18,40H2,1-10H3,(H,41,47)(H,42,50)(H,43,48)(H,44,49);8-11,17,19-20,22-25,34,36-39H,2-7,12-15,30-31H2,1H3,(H,32,41)(H,33,40)(H,42,43);1H4/t27-,28+,31+,32-,33?;17-,19+,20?,22?,23?,24?,25?;/m01./s1. The smallest absolute Gasteiger partial charge is 0.335 e. The van der Waals surface area contributed by atoms with E-state index in [2.05, 4.69) is 31.9 Å². The Morgan fingerprint density at radius 2 is 0.920 bits per heavy atom. The van der Waals surface area contributed by atoms with E-state index in [0.717, 1.165) is 0 Å². The average molecular weight is 1410 g/mol. The van der Waals surface area contributed by atoms with Gasteiger partial charge in [-0.05, 0) is 122 Å². The minimum Gasteiger partial charge on any atom is -0.508 e. The van der Waals surface area contributed by atoms with Gasteiger partial charge in [-0.15, -0.1) is 0 Å². The quantitative estimate of drug-likeness (QED) is 0.0205. The van der Waals surface area contributed by atoms with E-state index in [4.69, 9.17) is 36.5 Å². The highest BCUT2D eigenvalue weighted by Crippen LogP contribution is 2.37. The van der Waals surface area contributed by atoms with Crippen LogP contribution in [-0.4, -0.2) is 207 Å². The van der Waals surface area contributed by atoms with Gasteiger partial charge >= 0.3 is 23.9 Å². The molecular formula is C69H107N9O22. The Morgan fingerprint density at radius 3 is 1.35 bits per heavy atom. The van der Waals surface area contributed by atoms with Crippen molar-refractivity contribution in [2.24, 2.45) is 46.8 Å². The fourth-order valence-corrected chi connectivity index (χ4v) is 9.79. The maximum Gasteiger partial charge on any atom is 0.335 e. The van der Waals surface area contributed by atoms with Crippen molar-refractivity contribution in [3.63, 3.8) is 0 Å². The Morgan fingerprint density at radius 1 is 0.480 bits per heavy atom. The van der Waals surface area contributed by atoms with Gasteiger partial charge in [0, 0.05) is 48.8 Å². The third-order valence-electron chi connectivity index (χ3n) is 16.1. The van der Waals surface area contributed by atoms with Crippen LogP contribution >= 0.6 is 0 Å². The van der Waals surface area contributed by atoms with E-state index in [1.54, 1.807) is 85.7 Å². The fourth-order valence-electron chi connectivity index (χ4n) is 9.79. The number of ketones is 1. The predicted molar refractivity (Wildman–Crippen MR) is 367 cm³/mol. The number of phenolic OH excluding ortho intramolecular Hbond substituents is 3. The number of carboxylic acids is 1. The van der Waals surface area contributed by atoms with E-state index < -0.39 is 144 Å². The maximum absolute atomic E-state index is 13.6. The van der Waals surface area contributed by atoms with Crippen LogP contribution in [0.3, 0.4) is 0 Å². The Bertz CT molecular complexity index is 3170. The van der Waals surface area contributed by atoms with Gasteiger partial charge in [-0.3, -0.25) is 33.6 Å². The molecule has 0 saturated carbocycles. The topological polar surface area (TPSA) is 528 Å². The summed E-state index contributed by atoms with van der Waals surface area (Å²) in [6, 6.07) is 7.95. The number of aliphatic hydroxyl groups excluding tert-OH is 4. The number of methoxy groups -OCH3 is 3. The molecule has 0 aliphatic rings. The second kappa shape index (κ2) is 44.3. The number of carbonyl (C=O) groups excluding carboxylic acids is 10. The van der Waals surface area contributed by atoms with E-state index >= 15 is 0 Å². The van der Waals surface area contributed by atoms with Crippen molar-refractivity contribution < 1.29 is 108 Å². The normalized spacial score (nSPS) is 14.8. The highest BCUT2D eigenvalue weighted by Gasteiger charge is 2.38.